The molecule has 6 aromatic heterocycles. The Morgan fingerprint density at radius 1 is 0.627 bits per heavy atom. The fourth-order valence-corrected chi connectivity index (χ4v) is 6.33. The lowest BCUT2D eigenvalue weighted by molar-refractivity contribution is 0.0635. The molecule has 1 amide bonds. The average Bonchev–Trinajstić information content (AvgIpc) is 3.83. The summed E-state index contributed by atoms with van der Waals surface area (Å²) in [7, 11) is 0. The lowest BCUT2D eigenvalue weighted by atomic mass is 10.1. The Morgan fingerprint density at radius 2 is 1.10 bits per heavy atom. The van der Waals surface area contributed by atoms with E-state index in [2.05, 4.69) is 35.5 Å². The first-order valence-electron chi connectivity index (χ1n) is 18.8. The van der Waals surface area contributed by atoms with Crippen LogP contribution in [0.4, 0.5) is 16.2 Å². The Morgan fingerprint density at radius 3 is 1.59 bits per heavy atom. The summed E-state index contributed by atoms with van der Waals surface area (Å²) in [6.07, 6.45) is 2.83. The summed E-state index contributed by atoms with van der Waals surface area (Å²) >= 11 is 0. The number of anilines is 2. The summed E-state index contributed by atoms with van der Waals surface area (Å²) in [5.74, 6) is 1.17. The predicted molar refractivity (Wildman–Crippen MR) is 228 cm³/mol. The van der Waals surface area contributed by atoms with Gasteiger partial charge in [0.15, 0.2) is 23.2 Å². The number of hydrogen-bond donors (Lipinski definition) is 2. The second-order valence-electron chi connectivity index (χ2n) is 14.9. The molecule has 0 atom stereocenters. The lowest BCUT2D eigenvalue weighted by Gasteiger charge is -2.20. The molecule has 0 spiro atoms. The van der Waals surface area contributed by atoms with Crippen LogP contribution in [0, 0.1) is 13.8 Å². The molecule has 0 aliphatic carbocycles. The molecule has 0 aliphatic heterocycles. The summed E-state index contributed by atoms with van der Waals surface area (Å²) in [5, 5.41) is 13.4. The molecule has 59 heavy (non-hydrogen) atoms. The number of Topliss-reactive ketones (excluding diaryl/α,β-unsaturated/α-hetero) is 2. The summed E-state index contributed by atoms with van der Waals surface area (Å²) in [4.78, 5) is 54.1. The largest absolute Gasteiger partial charge is 0.444 e. The van der Waals surface area contributed by atoms with Gasteiger partial charge in [-0.3, -0.25) is 14.9 Å². The van der Waals surface area contributed by atoms with Gasteiger partial charge in [-0.15, -0.1) is 0 Å². The Hall–Kier alpha value is -7.61. The van der Waals surface area contributed by atoms with Crippen LogP contribution in [0.1, 0.15) is 67.0 Å². The first kappa shape index (κ1) is 39.6. The third-order valence-corrected chi connectivity index (χ3v) is 9.04. The number of nitrogen functional groups attached to an aromatic ring is 1. The minimum atomic E-state index is -0.645. The van der Waals surface area contributed by atoms with Gasteiger partial charge in [0.05, 0.1) is 40.5 Å². The van der Waals surface area contributed by atoms with E-state index in [1.54, 1.807) is 66.8 Å². The van der Waals surface area contributed by atoms with Crippen LogP contribution in [0.3, 0.4) is 0 Å². The molecule has 2 aromatic carbocycles. The van der Waals surface area contributed by atoms with Gasteiger partial charge in [0.2, 0.25) is 0 Å². The molecule has 8 aromatic rings. The zero-order valence-corrected chi connectivity index (χ0v) is 33.7. The van der Waals surface area contributed by atoms with E-state index in [1.165, 1.54) is 13.8 Å². The smallest absolute Gasteiger partial charge is 0.412 e. The Kier molecular flexibility index (Phi) is 10.8. The quantitative estimate of drug-likeness (QED) is 0.116. The summed E-state index contributed by atoms with van der Waals surface area (Å²) in [6, 6.07) is 29.6. The van der Waals surface area contributed by atoms with Crippen molar-refractivity contribution in [2.45, 2.75) is 54.1 Å². The number of nitrogens with one attached hydrogen (secondary N) is 1. The SMILES string of the molecule is CC(=O)c1cccc(-c2cc(N)c3cnn(-c4cccc(C)n4)c3c2)n1.CC(=O)c1cccc(-c2cc(NC(=O)OC(C)(C)C)c3cnn(-c4cccc(C)n4)c3c2)n1. The van der Waals surface area contributed by atoms with Crippen molar-refractivity contribution < 1.29 is 19.1 Å². The summed E-state index contributed by atoms with van der Waals surface area (Å²) in [5.41, 5.74) is 13.7. The Bertz CT molecular complexity index is 2910. The highest BCUT2D eigenvalue weighted by molar-refractivity contribution is 6.02. The van der Waals surface area contributed by atoms with E-state index in [1.807, 2.05) is 86.6 Å². The number of nitrogens with zero attached hydrogens (tertiary/aromatic N) is 8. The monoisotopic (exact) mass is 786 g/mol. The van der Waals surface area contributed by atoms with Crippen molar-refractivity contribution >= 4 is 50.8 Å². The molecule has 14 heteroatoms. The molecule has 8 rings (SSSR count). The molecule has 0 radical (unpaired) electrons. The highest BCUT2D eigenvalue weighted by atomic mass is 16.6. The molecular weight excluding hydrogens is 745 g/mol. The number of ether oxygens (including phenoxy) is 1. The number of pyridine rings is 4. The van der Waals surface area contributed by atoms with Gasteiger partial charge in [-0.25, -0.2) is 34.1 Å². The standard InChI is InChI=1S/C25H25N5O3.C20H17N5O/c1-15-8-6-11-23(27-15)30-22-13-17(20-10-7-9-19(28-20)16(2)31)12-21(18(22)14-26-30)29-24(32)33-25(3,4)5;1-12-5-3-8-20(23-12)25-19-10-14(9-16(21)15(19)11-22-25)18-7-4-6-17(24-18)13(2)26/h6-14H,1-5H3,(H,29,32);3-11H,21H2,1-2H3. The van der Waals surface area contributed by atoms with Crippen molar-refractivity contribution in [1.29, 1.82) is 0 Å². The number of aryl methyl sites for hydroxylation is 2. The molecule has 0 unspecified atom stereocenters. The molecule has 14 nitrogen and oxygen atoms in total. The second kappa shape index (κ2) is 16.1. The van der Waals surface area contributed by atoms with Crippen LogP contribution in [0.15, 0.2) is 109 Å². The number of fused-ring (bicyclic) bond motifs is 2. The first-order valence-corrected chi connectivity index (χ1v) is 18.8. The minimum Gasteiger partial charge on any atom is -0.444 e. The van der Waals surface area contributed by atoms with Crippen molar-refractivity contribution in [3.8, 4) is 34.2 Å². The van der Waals surface area contributed by atoms with Gasteiger partial charge in [-0.2, -0.15) is 10.2 Å². The van der Waals surface area contributed by atoms with Crippen LogP contribution in [-0.2, 0) is 4.74 Å². The van der Waals surface area contributed by atoms with Gasteiger partial charge < -0.3 is 10.5 Å². The zero-order chi connectivity index (χ0) is 42.0. The maximum atomic E-state index is 12.6. The zero-order valence-electron chi connectivity index (χ0n) is 33.7. The second-order valence-corrected chi connectivity index (χ2v) is 14.9. The van der Waals surface area contributed by atoms with E-state index in [0.717, 1.165) is 44.6 Å². The number of nitrogens with two attached hydrogens (primary N) is 1. The molecule has 296 valence electrons. The molecule has 0 fully saturated rings. The van der Waals surface area contributed by atoms with Gasteiger partial charge >= 0.3 is 6.09 Å². The Balaban J connectivity index is 0.000000184. The van der Waals surface area contributed by atoms with Crippen molar-refractivity contribution in [3.05, 3.63) is 132 Å². The number of amides is 1. The number of benzene rings is 2. The van der Waals surface area contributed by atoms with Gasteiger partial charge in [0, 0.05) is 52.8 Å². The van der Waals surface area contributed by atoms with E-state index in [4.69, 9.17) is 10.5 Å². The maximum Gasteiger partial charge on any atom is 0.412 e. The van der Waals surface area contributed by atoms with Crippen LogP contribution < -0.4 is 11.1 Å². The summed E-state index contributed by atoms with van der Waals surface area (Å²) < 4.78 is 8.91. The fourth-order valence-electron chi connectivity index (χ4n) is 6.33. The van der Waals surface area contributed by atoms with Crippen molar-refractivity contribution in [3.63, 3.8) is 0 Å². The predicted octanol–water partition coefficient (Wildman–Crippen LogP) is 8.92. The van der Waals surface area contributed by atoms with Gasteiger partial charge in [-0.1, -0.05) is 24.3 Å². The van der Waals surface area contributed by atoms with Gasteiger partial charge in [0.25, 0.3) is 0 Å². The van der Waals surface area contributed by atoms with E-state index in [-0.39, 0.29) is 11.6 Å². The normalized spacial score (nSPS) is 11.2. The number of rotatable bonds is 7. The van der Waals surface area contributed by atoms with Crippen LogP contribution in [-0.4, -0.2) is 62.8 Å². The topological polar surface area (TPSA) is 186 Å². The van der Waals surface area contributed by atoms with Crippen LogP contribution in [0.5, 0.6) is 0 Å². The molecular formula is C45H42N10O4. The molecule has 6 heterocycles. The number of carbonyl (C=O) groups is 3. The lowest BCUT2D eigenvalue weighted by Crippen LogP contribution is -2.27. The third kappa shape index (κ3) is 8.86. The first-order chi connectivity index (χ1) is 28.1. The molecule has 0 aliphatic rings. The Labute approximate surface area is 340 Å². The number of ketones is 2. The van der Waals surface area contributed by atoms with Crippen LogP contribution in [0.25, 0.3) is 56.0 Å². The summed E-state index contributed by atoms with van der Waals surface area (Å²) in [6.45, 7) is 12.2. The fraction of sp³-hybridized carbons (Fsp3) is 0.178. The molecule has 0 bridgehead atoms. The average molecular weight is 787 g/mol. The van der Waals surface area contributed by atoms with Crippen LogP contribution >= 0.6 is 0 Å². The van der Waals surface area contributed by atoms with E-state index >= 15 is 0 Å². The number of aromatic nitrogens is 8. The van der Waals surface area contributed by atoms with Gasteiger partial charge in [-0.05, 0) is 107 Å². The number of hydrogen-bond acceptors (Lipinski definition) is 11. The number of carbonyl (C=O) groups excluding carboxylic acids is 3. The van der Waals surface area contributed by atoms with Crippen molar-refractivity contribution in [2.24, 2.45) is 0 Å². The third-order valence-electron chi connectivity index (χ3n) is 9.04. The minimum absolute atomic E-state index is 0.0742. The van der Waals surface area contributed by atoms with E-state index in [9.17, 15) is 14.4 Å². The van der Waals surface area contributed by atoms with Crippen molar-refractivity contribution in [1.82, 2.24) is 39.5 Å². The highest BCUT2D eigenvalue weighted by Crippen LogP contribution is 2.33. The maximum absolute atomic E-state index is 12.6. The van der Waals surface area contributed by atoms with E-state index < -0.39 is 11.7 Å². The van der Waals surface area contributed by atoms with Crippen molar-refractivity contribution in [2.75, 3.05) is 11.1 Å². The van der Waals surface area contributed by atoms with E-state index in [0.29, 0.717) is 45.5 Å². The molecule has 0 saturated heterocycles. The van der Waals surface area contributed by atoms with Gasteiger partial charge in [0.1, 0.15) is 17.0 Å². The van der Waals surface area contributed by atoms with Crippen LogP contribution in [0.2, 0.25) is 0 Å². The molecule has 0 saturated carbocycles. The highest BCUT2D eigenvalue weighted by Gasteiger charge is 2.20. The molecule has 3 N–H and O–H groups in total.